The van der Waals surface area contributed by atoms with Crippen LogP contribution in [0.3, 0.4) is 0 Å². The molecule has 1 unspecified atom stereocenters. The first-order chi connectivity index (χ1) is 27.5. The number of carbonyl (C=O) groups is 1. The molecule has 0 aliphatic carbocycles. The SMILES string of the molecule is CCCCCCCCCCCC/C=C/CCCC[C@@H](O)[C@H](COP(=O)([O-])OCC[N+](C)(C)C)NC(=O)CCCCCCCCCCCCCCCCCCCCC. The van der Waals surface area contributed by atoms with E-state index < -0.39 is 20.0 Å². The lowest BCUT2D eigenvalue weighted by Crippen LogP contribution is -2.46. The molecule has 0 rings (SSSR count). The number of quaternary nitrogens is 1. The molecule has 0 saturated heterocycles. The van der Waals surface area contributed by atoms with Gasteiger partial charge in [0.2, 0.25) is 5.91 Å². The summed E-state index contributed by atoms with van der Waals surface area (Å²) in [6.45, 7) is 4.72. The molecule has 0 radical (unpaired) electrons. The maximum absolute atomic E-state index is 12.9. The highest BCUT2D eigenvalue weighted by atomic mass is 31.2. The number of unbranched alkanes of at least 4 members (excludes halogenated alkanes) is 30. The van der Waals surface area contributed by atoms with Crippen molar-refractivity contribution in [1.29, 1.82) is 0 Å². The number of aliphatic hydroxyl groups excluding tert-OH is 1. The molecule has 3 atom stereocenters. The van der Waals surface area contributed by atoms with Gasteiger partial charge >= 0.3 is 0 Å². The number of phosphoric ester groups is 1. The Kier molecular flexibility index (Phi) is 40.1. The molecule has 0 saturated carbocycles. The van der Waals surface area contributed by atoms with Gasteiger partial charge < -0.3 is 28.8 Å². The Morgan fingerprint density at radius 3 is 1.37 bits per heavy atom. The number of amides is 1. The summed E-state index contributed by atoms with van der Waals surface area (Å²) >= 11 is 0. The van der Waals surface area contributed by atoms with E-state index in [1.165, 1.54) is 167 Å². The minimum atomic E-state index is -4.57. The summed E-state index contributed by atoms with van der Waals surface area (Å²) in [5.74, 6) is -0.170. The summed E-state index contributed by atoms with van der Waals surface area (Å²) in [4.78, 5) is 25.4. The Bertz CT molecular complexity index is 942. The summed E-state index contributed by atoms with van der Waals surface area (Å²) in [6.07, 6.45) is 46.5. The Hall–Kier alpha value is -0.760. The number of nitrogens with one attached hydrogen (secondary N) is 1. The zero-order chi connectivity index (χ0) is 42.1. The first-order valence-electron chi connectivity index (χ1n) is 24.5. The fourth-order valence-electron chi connectivity index (χ4n) is 7.33. The molecular formula is C48H97N2O6P. The highest BCUT2D eigenvalue weighted by Gasteiger charge is 2.24. The molecule has 0 aromatic heterocycles. The van der Waals surface area contributed by atoms with E-state index in [9.17, 15) is 19.4 Å². The van der Waals surface area contributed by atoms with Crippen molar-refractivity contribution in [1.82, 2.24) is 5.32 Å². The molecule has 0 spiro atoms. The molecule has 2 N–H and O–H groups in total. The fourth-order valence-corrected chi connectivity index (χ4v) is 8.05. The molecule has 340 valence electrons. The van der Waals surface area contributed by atoms with E-state index >= 15 is 0 Å². The quantitative estimate of drug-likeness (QED) is 0.0274. The van der Waals surface area contributed by atoms with E-state index in [2.05, 4.69) is 31.3 Å². The highest BCUT2D eigenvalue weighted by molar-refractivity contribution is 7.45. The van der Waals surface area contributed by atoms with Crippen molar-refractivity contribution in [3.63, 3.8) is 0 Å². The molecule has 0 aromatic rings. The van der Waals surface area contributed by atoms with Gasteiger partial charge in [-0.1, -0.05) is 206 Å². The predicted octanol–water partition coefficient (Wildman–Crippen LogP) is 13.3. The normalized spacial score (nSPS) is 14.3. The molecule has 0 aliphatic rings. The molecule has 0 aromatic carbocycles. The number of allylic oxidation sites excluding steroid dienone is 2. The van der Waals surface area contributed by atoms with Crippen molar-refractivity contribution in [3.8, 4) is 0 Å². The Balaban J connectivity index is 4.29. The van der Waals surface area contributed by atoms with Crippen LogP contribution in [0.25, 0.3) is 0 Å². The van der Waals surface area contributed by atoms with Gasteiger partial charge in [-0.3, -0.25) is 9.36 Å². The number of nitrogens with zero attached hydrogens (tertiary/aromatic N) is 1. The van der Waals surface area contributed by atoms with Crippen LogP contribution >= 0.6 is 7.82 Å². The number of hydrogen-bond donors (Lipinski definition) is 2. The molecule has 0 bridgehead atoms. The largest absolute Gasteiger partial charge is 0.756 e. The standard InChI is InChI=1S/C48H97N2O6P/c1-6-8-10-12-14-16-18-20-22-24-25-26-28-30-32-34-36-38-40-42-48(52)49-46(45-56-57(53,54)55-44-43-50(3,4)5)47(51)41-39-37-35-33-31-29-27-23-21-19-17-15-13-11-9-7-2/h31,33,46-47,51H,6-30,32,34-45H2,1-5H3,(H-,49,52,53,54)/b33-31+/t46-,47+/m0/s1. The van der Waals surface area contributed by atoms with Crippen molar-refractivity contribution < 1.29 is 32.9 Å². The van der Waals surface area contributed by atoms with Crippen LogP contribution in [0.5, 0.6) is 0 Å². The Morgan fingerprint density at radius 1 is 0.596 bits per heavy atom. The molecule has 0 fully saturated rings. The first kappa shape index (κ1) is 56.2. The highest BCUT2D eigenvalue weighted by Crippen LogP contribution is 2.38. The maximum atomic E-state index is 12.9. The number of likely N-dealkylation sites (N-methyl/N-ethyl adjacent to an activating group) is 1. The molecule has 9 heteroatoms. The van der Waals surface area contributed by atoms with Crippen molar-refractivity contribution in [2.75, 3.05) is 40.9 Å². The van der Waals surface area contributed by atoms with Crippen molar-refractivity contribution in [2.24, 2.45) is 0 Å². The topological polar surface area (TPSA) is 108 Å². The third kappa shape index (κ3) is 43.1. The molecule has 57 heavy (non-hydrogen) atoms. The molecule has 8 nitrogen and oxygen atoms in total. The van der Waals surface area contributed by atoms with Gasteiger partial charge in [0, 0.05) is 6.42 Å². The van der Waals surface area contributed by atoms with Gasteiger partial charge in [-0.05, 0) is 38.5 Å². The number of phosphoric acid groups is 1. The van der Waals surface area contributed by atoms with Gasteiger partial charge in [-0.15, -0.1) is 0 Å². The Morgan fingerprint density at radius 2 is 0.965 bits per heavy atom. The number of aliphatic hydroxyl groups is 1. The smallest absolute Gasteiger partial charge is 0.268 e. The maximum Gasteiger partial charge on any atom is 0.268 e. The van der Waals surface area contributed by atoms with Crippen LogP contribution in [0.4, 0.5) is 0 Å². The fraction of sp³-hybridized carbons (Fsp3) is 0.938. The van der Waals surface area contributed by atoms with Crippen LogP contribution in [0.1, 0.15) is 239 Å². The summed E-state index contributed by atoms with van der Waals surface area (Å²) in [7, 11) is 1.30. The van der Waals surface area contributed by atoms with E-state index in [0.717, 1.165) is 44.9 Å². The lowest BCUT2D eigenvalue weighted by atomic mass is 10.0. The lowest BCUT2D eigenvalue weighted by Gasteiger charge is -2.30. The van der Waals surface area contributed by atoms with E-state index in [-0.39, 0.29) is 19.1 Å². The molecular weight excluding hydrogens is 732 g/mol. The third-order valence-electron chi connectivity index (χ3n) is 11.3. The minimum absolute atomic E-state index is 0.00989. The van der Waals surface area contributed by atoms with Crippen molar-refractivity contribution in [3.05, 3.63) is 12.2 Å². The third-order valence-corrected chi connectivity index (χ3v) is 12.2. The zero-order valence-corrected chi connectivity index (χ0v) is 39.5. The lowest BCUT2D eigenvalue weighted by molar-refractivity contribution is -0.870. The summed E-state index contributed by atoms with van der Waals surface area (Å²) in [5, 5.41) is 13.9. The number of hydrogen-bond acceptors (Lipinski definition) is 6. The second kappa shape index (κ2) is 40.6. The van der Waals surface area contributed by atoms with Crippen LogP contribution in [0, 0.1) is 0 Å². The molecule has 0 aliphatic heterocycles. The second-order valence-electron chi connectivity index (χ2n) is 18.2. The van der Waals surface area contributed by atoms with Crippen LogP contribution in [-0.2, 0) is 18.4 Å². The van der Waals surface area contributed by atoms with Crippen molar-refractivity contribution in [2.45, 2.75) is 251 Å². The Labute approximate surface area is 354 Å². The average molecular weight is 829 g/mol. The molecule has 1 amide bonds. The van der Waals surface area contributed by atoms with E-state index in [1.807, 2.05) is 21.1 Å². The van der Waals surface area contributed by atoms with Crippen LogP contribution in [0.2, 0.25) is 0 Å². The molecule has 0 heterocycles. The van der Waals surface area contributed by atoms with Gasteiger partial charge in [-0.25, -0.2) is 0 Å². The number of carbonyl (C=O) groups excluding carboxylic acids is 1. The number of rotatable bonds is 45. The van der Waals surface area contributed by atoms with Gasteiger partial charge in [0.15, 0.2) is 0 Å². The van der Waals surface area contributed by atoms with Crippen LogP contribution in [-0.4, -0.2) is 68.5 Å². The van der Waals surface area contributed by atoms with Crippen molar-refractivity contribution >= 4 is 13.7 Å². The second-order valence-corrected chi connectivity index (χ2v) is 19.6. The first-order valence-corrected chi connectivity index (χ1v) is 26.0. The predicted molar refractivity (Wildman–Crippen MR) is 242 cm³/mol. The summed E-state index contributed by atoms with van der Waals surface area (Å²) < 4.78 is 23.3. The average Bonchev–Trinajstić information content (AvgIpc) is 3.16. The van der Waals surface area contributed by atoms with Crippen LogP contribution in [0.15, 0.2) is 12.2 Å². The van der Waals surface area contributed by atoms with Gasteiger partial charge in [0.25, 0.3) is 7.82 Å². The van der Waals surface area contributed by atoms with E-state index in [0.29, 0.717) is 23.9 Å². The van der Waals surface area contributed by atoms with Gasteiger partial charge in [-0.2, -0.15) is 0 Å². The zero-order valence-electron chi connectivity index (χ0n) is 38.6. The van der Waals surface area contributed by atoms with Gasteiger partial charge in [0.1, 0.15) is 13.2 Å². The van der Waals surface area contributed by atoms with E-state index in [1.54, 1.807) is 0 Å². The van der Waals surface area contributed by atoms with E-state index in [4.69, 9.17) is 9.05 Å². The summed E-state index contributed by atoms with van der Waals surface area (Å²) in [6, 6.07) is -0.811. The van der Waals surface area contributed by atoms with Gasteiger partial charge in [0.05, 0.1) is 39.9 Å². The monoisotopic (exact) mass is 829 g/mol. The minimum Gasteiger partial charge on any atom is -0.756 e. The summed E-state index contributed by atoms with van der Waals surface area (Å²) in [5.41, 5.74) is 0. The van der Waals surface area contributed by atoms with Crippen LogP contribution < -0.4 is 10.2 Å².